The first-order valence-electron chi connectivity index (χ1n) is 4.76. The Morgan fingerprint density at radius 1 is 1.33 bits per heavy atom. The standard InChI is InChI=1S/C9H15NO2/c11-9(12)7-5-6-3-1-2-4-8(7)10-6/h6-8,10H,1-5H2,(H,11,12). The van der Waals surface area contributed by atoms with Crippen LogP contribution < -0.4 is 5.32 Å². The van der Waals surface area contributed by atoms with Crippen LogP contribution in [0.25, 0.3) is 0 Å². The first kappa shape index (κ1) is 8.05. The maximum atomic E-state index is 10.8. The second kappa shape index (κ2) is 3.05. The molecule has 2 saturated heterocycles. The smallest absolute Gasteiger partial charge is 0.308 e. The van der Waals surface area contributed by atoms with Gasteiger partial charge in [0, 0.05) is 12.1 Å². The summed E-state index contributed by atoms with van der Waals surface area (Å²) in [5.41, 5.74) is 0. The summed E-state index contributed by atoms with van der Waals surface area (Å²) in [6.45, 7) is 0. The van der Waals surface area contributed by atoms with Gasteiger partial charge < -0.3 is 10.4 Å². The van der Waals surface area contributed by atoms with E-state index in [4.69, 9.17) is 5.11 Å². The molecule has 2 aliphatic heterocycles. The van der Waals surface area contributed by atoms with Crippen molar-refractivity contribution in [1.29, 1.82) is 0 Å². The van der Waals surface area contributed by atoms with E-state index in [-0.39, 0.29) is 12.0 Å². The molecule has 3 unspecified atom stereocenters. The van der Waals surface area contributed by atoms with Crippen molar-refractivity contribution >= 4 is 5.97 Å². The van der Waals surface area contributed by atoms with Gasteiger partial charge in [0.25, 0.3) is 0 Å². The van der Waals surface area contributed by atoms with Crippen molar-refractivity contribution in [2.75, 3.05) is 0 Å². The molecule has 0 saturated carbocycles. The fraction of sp³-hybridized carbons (Fsp3) is 0.889. The molecule has 2 fully saturated rings. The molecule has 2 rings (SSSR count). The minimum Gasteiger partial charge on any atom is -0.481 e. The van der Waals surface area contributed by atoms with E-state index >= 15 is 0 Å². The average molecular weight is 169 g/mol. The van der Waals surface area contributed by atoms with Gasteiger partial charge in [-0.05, 0) is 19.3 Å². The van der Waals surface area contributed by atoms with Gasteiger partial charge in [-0.15, -0.1) is 0 Å². The highest BCUT2D eigenvalue weighted by molar-refractivity contribution is 5.71. The fourth-order valence-electron chi connectivity index (χ4n) is 2.47. The molecule has 0 aromatic rings. The molecule has 0 aromatic heterocycles. The molecule has 12 heavy (non-hydrogen) atoms. The second-order valence-electron chi connectivity index (χ2n) is 3.93. The minimum absolute atomic E-state index is 0.115. The van der Waals surface area contributed by atoms with Crippen molar-refractivity contribution in [3.05, 3.63) is 0 Å². The van der Waals surface area contributed by atoms with Crippen molar-refractivity contribution in [3.63, 3.8) is 0 Å². The molecule has 0 amide bonds. The highest BCUT2D eigenvalue weighted by Gasteiger charge is 2.38. The number of carbonyl (C=O) groups is 1. The lowest BCUT2D eigenvalue weighted by atomic mass is 9.91. The summed E-state index contributed by atoms with van der Waals surface area (Å²) >= 11 is 0. The molecule has 3 nitrogen and oxygen atoms in total. The molecule has 68 valence electrons. The quantitative estimate of drug-likeness (QED) is 0.615. The molecule has 2 bridgehead atoms. The summed E-state index contributed by atoms with van der Waals surface area (Å²) in [6, 6.07) is 0.744. The van der Waals surface area contributed by atoms with Crippen molar-refractivity contribution in [2.45, 2.75) is 44.2 Å². The van der Waals surface area contributed by atoms with E-state index in [0.717, 1.165) is 12.8 Å². The van der Waals surface area contributed by atoms with Crippen LogP contribution in [0.5, 0.6) is 0 Å². The molecule has 2 aliphatic rings. The SMILES string of the molecule is O=C(O)C1CC2CCCCC1N2. The number of rotatable bonds is 1. The molecule has 0 spiro atoms. The molecular weight excluding hydrogens is 154 g/mol. The van der Waals surface area contributed by atoms with Gasteiger partial charge in [0.1, 0.15) is 0 Å². The molecular formula is C9H15NO2. The van der Waals surface area contributed by atoms with Crippen molar-refractivity contribution in [1.82, 2.24) is 5.32 Å². The maximum absolute atomic E-state index is 10.8. The zero-order valence-electron chi connectivity index (χ0n) is 7.12. The Labute approximate surface area is 72.2 Å². The van der Waals surface area contributed by atoms with Crippen LogP contribution in [0.3, 0.4) is 0 Å². The number of nitrogens with one attached hydrogen (secondary N) is 1. The third kappa shape index (κ3) is 1.33. The monoisotopic (exact) mass is 169 g/mol. The first-order chi connectivity index (χ1) is 5.77. The first-order valence-corrected chi connectivity index (χ1v) is 4.76. The lowest BCUT2D eigenvalue weighted by Gasteiger charge is -2.14. The van der Waals surface area contributed by atoms with Crippen LogP contribution in [-0.2, 0) is 4.79 Å². The third-order valence-electron chi connectivity index (χ3n) is 3.11. The van der Waals surface area contributed by atoms with E-state index in [2.05, 4.69) is 5.32 Å². The molecule has 3 atom stereocenters. The van der Waals surface area contributed by atoms with Crippen LogP contribution in [-0.4, -0.2) is 23.2 Å². The summed E-state index contributed by atoms with van der Waals surface area (Å²) in [7, 11) is 0. The third-order valence-corrected chi connectivity index (χ3v) is 3.11. The van der Waals surface area contributed by atoms with Gasteiger partial charge in [0.2, 0.25) is 0 Å². The Morgan fingerprint density at radius 3 is 2.83 bits per heavy atom. The Morgan fingerprint density at radius 2 is 2.08 bits per heavy atom. The number of aliphatic carboxylic acids is 1. The summed E-state index contributed by atoms with van der Waals surface area (Å²) in [6.07, 6.45) is 5.52. The molecule has 0 aromatic carbocycles. The number of fused-ring (bicyclic) bond motifs is 2. The number of hydrogen-bond acceptors (Lipinski definition) is 2. The van der Waals surface area contributed by atoms with E-state index in [1.54, 1.807) is 0 Å². The highest BCUT2D eigenvalue weighted by atomic mass is 16.4. The Bertz CT molecular complexity index is 193. The van der Waals surface area contributed by atoms with E-state index in [1.807, 2.05) is 0 Å². The molecule has 3 heteroatoms. The topological polar surface area (TPSA) is 49.3 Å². The van der Waals surface area contributed by atoms with Gasteiger partial charge in [-0.2, -0.15) is 0 Å². The average Bonchev–Trinajstić information content (AvgIpc) is 2.23. The van der Waals surface area contributed by atoms with Crippen molar-refractivity contribution < 1.29 is 9.90 Å². The highest BCUT2D eigenvalue weighted by Crippen LogP contribution is 2.30. The molecule has 2 N–H and O–H groups in total. The van der Waals surface area contributed by atoms with Crippen molar-refractivity contribution in [3.8, 4) is 0 Å². The van der Waals surface area contributed by atoms with E-state index in [1.165, 1.54) is 19.3 Å². The van der Waals surface area contributed by atoms with Crippen molar-refractivity contribution in [2.24, 2.45) is 5.92 Å². The molecule has 0 radical (unpaired) electrons. The normalized spacial score (nSPS) is 40.8. The lowest BCUT2D eigenvalue weighted by Crippen LogP contribution is -2.32. The second-order valence-corrected chi connectivity index (χ2v) is 3.93. The van der Waals surface area contributed by atoms with Gasteiger partial charge in [-0.1, -0.05) is 12.8 Å². The summed E-state index contributed by atoms with van der Waals surface area (Å²) in [5, 5.41) is 12.3. The fourth-order valence-corrected chi connectivity index (χ4v) is 2.47. The summed E-state index contributed by atoms with van der Waals surface area (Å²) < 4.78 is 0. The molecule has 0 aliphatic carbocycles. The Balaban J connectivity index is 2.06. The lowest BCUT2D eigenvalue weighted by molar-refractivity contribution is -0.142. The van der Waals surface area contributed by atoms with Gasteiger partial charge in [0.05, 0.1) is 5.92 Å². The van der Waals surface area contributed by atoms with E-state index < -0.39 is 5.97 Å². The van der Waals surface area contributed by atoms with Crippen LogP contribution in [0, 0.1) is 5.92 Å². The van der Waals surface area contributed by atoms with Gasteiger partial charge in [-0.25, -0.2) is 0 Å². The Kier molecular flexibility index (Phi) is 2.05. The van der Waals surface area contributed by atoms with Crippen LogP contribution in [0.1, 0.15) is 32.1 Å². The van der Waals surface area contributed by atoms with Crippen LogP contribution in [0.4, 0.5) is 0 Å². The van der Waals surface area contributed by atoms with Crippen LogP contribution in [0.2, 0.25) is 0 Å². The van der Waals surface area contributed by atoms with Gasteiger partial charge in [0.15, 0.2) is 0 Å². The zero-order valence-corrected chi connectivity index (χ0v) is 7.12. The van der Waals surface area contributed by atoms with Crippen LogP contribution >= 0.6 is 0 Å². The van der Waals surface area contributed by atoms with Crippen LogP contribution in [0.15, 0.2) is 0 Å². The summed E-state index contributed by atoms with van der Waals surface area (Å²) in [4.78, 5) is 10.8. The minimum atomic E-state index is -0.614. The largest absolute Gasteiger partial charge is 0.481 e. The van der Waals surface area contributed by atoms with E-state index in [0.29, 0.717) is 6.04 Å². The Hall–Kier alpha value is -0.570. The summed E-state index contributed by atoms with van der Waals surface area (Å²) in [5.74, 6) is -0.729. The predicted octanol–water partition coefficient (Wildman–Crippen LogP) is 0.992. The van der Waals surface area contributed by atoms with Gasteiger partial charge >= 0.3 is 5.97 Å². The number of carboxylic acid groups (broad SMARTS) is 1. The predicted molar refractivity (Wildman–Crippen MR) is 44.9 cm³/mol. The van der Waals surface area contributed by atoms with E-state index in [9.17, 15) is 4.79 Å². The zero-order chi connectivity index (χ0) is 8.55. The van der Waals surface area contributed by atoms with Gasteiger partial charge in [-0.3, -0.25) is 4.79 Å². The number of hydrogen-bond donors (Lipinski definition) is 2. The maximum Gasteiger partial charge on any atom is 0.308 e. The molecule has 2 heterocycles. The number of carboxylic acids is 1.